The van der Waals surface area contributed by atoms with Gasteiger partial charge in [-0.2, -0.15) is 0 Å². The van der Waals surface area contributed by atoms with Crippen LogP contribution in [0.5, 0.6) is 5.75 Å². The highest BCUT2D eigenvalue weighted by Gasteiger charge is 2.20. The van der Waals surface area contributed by atoms with E-state index >= 15 is 0 Å². The van der Waals surface area contributed by atoms with E-state index in [0.29, 0.717) is 35.2 Å². The Hall–Kier alpha value is -2.43. The molecule has 3 N–H and O–H groups in total. The first-order valence-electron chi connectivity index (χ1n) is 6.98. The maximum absolute atomic E-state index is 9.26. The molecule has 0 atom stereocenters. The van der Waals surface area contributed by atoms with Gasteiger partial charge in [0.25, 0.3) is 0 Å². The van der Waals surface area contributed by atoms with Crippen molar-refractivity contribution in [2.45, 2.75) is 26.2 Å². The highest BCUT2D eigenvalue weighted by atomic mass is 16.5. The van der Waals surface area contributed by atoms with Gasteiger partial charge in [-0.15, -0.1) is 0 Å². The van der Waals surface area contributed by atoms with Gasteiger partial charge in [-0.05, 0) is 30.7 Å². The van der Waals surface area contributed by atoms with Gasteiger partial charge in [-0.25, -0.2) is 4.99 Å². The third-order valence-corrected chi connectivity index (χ3v) is 3.08. The summed E-state index contributed by atoms with van der Waals surface area (Å²) in [6, 6.07) is 6.47. The van der Waals surface area contributed by atoms with E-state index in [1.165, 1.54) is 0 Å². The summed E-state index contributed by atoms with van der Waals surface area (Å²) >= 11 is 0. The lowest BCUT2D eigenvalue weighted by Gasteiger charge is -2.17. The van der Waals surface area contributed by atoms with Crippen LogP contribution >= 0.6 is 0 Å². The average Bonchev–Trinajstić information content (AvgIpc) is 2.46. The number of phenolic OH excluding ortho intramolecular Hbond substituents is 1. The number of nitrogens with one attached hydrogen (secondary N) is 2. The second-order valence-corrected chi connectivity index (χ2v) is 4.86. The van der Waals surface area contributed by atoms with Crippen LogP contribution in [0.2, 0.25) is 0 Å². The summed E-state index contributed by atoms with van der Waals surface area (Å²) in [4.78, 5) is 4.38. The van der Waals surface area contributed by atoms with E-state index in [0.717, 1.165) is 12.8 Å². The van der Waals surface area contributed by atoms with Crippen molar-refractivity contribution in [1.82, 2.24) is 0 Å². The Balaban J connectivity index is 2.22. The van der Waals surface area contributed by atoms with Crippen LogP contribution in [0.15, 0.2) is 41.1 Å². The van der Waals surface area contributed by atoms with E-state index < -0.39 is 0 Å². The fourth-order valence-corrected chi connectivity index (χ4v) is 1.87. The number of ether oxygens (including phenoxy) is 1. The number of hydrogen-bond acceptors (Lipinski definition) is 5. The quantitative estimate of drug-likeness (QED) is 0.721. The minimum absolute atomic E-state index is 0.179. The number of nitrogens with zero attached hydrogens (tertiary/aromatic N) is 1. The Labute approximate surface area is 124 Å². The number of unbranched alkanes of at least 4 members (excludes halogenated alkanes) is 1. The minimum atomic E-state index is 0.179. The summed E-state index contributed by atoms with van der Waals surface area (Å²) in [5.74, 6) is 0.676. The molecule has 0 bridgehead atoms. The van der Waals surface area contributed by atoms with Crippen molar-refractivity contribution in [3.8, 4) is 5.75 Å². The maximum Gasteiger partial charge on any atom is 0.142 e. The molecule has 0 heterocycles. The number of rotatable bonds is 5. The highest BCUT2D eigenvalue weighted by molar-refractivity contribution is 6.51. The lowest BCUT2D eigenvalue weighted by Crippen LogP contribution is -2.24. The molecule has 21 heavy (non-hydrogen) atoms. The first-order valence-corrected chi connectivity index (χ1v) is 6.98. The van der Waals surface area contributed by atoms with Crippen LogP contribution in [0.25, 0.3) is 0 Å². The summed E-state index contributed by atoms with van der Waals surface area (Å²) < 4.78 is 5.59. The zero-order valence-electron chi connectivity index (χ0n) is 12.0. The van der Waals surface area contributed by atoms with Gasteiger partial charge >= 0.3 is 0 Å². The Kier molecular flexibility index (Phi) is 4.87. The van der Waals surface area contributed by atoms with Gasteiger partial charge in [-0.1, -0.05) is 13.3 Å². The zero-order chi connectivity index (χ0) is 15.2. The van der Waals surface area contributed by atoms with E-state index in [9.17, 15) is 5.11 Å². The van der Waals surface area contributed by atoms with Gasteiger partial charge < -0.3 is 20.7 Å². The molecule has 0 unspecified atom stereocenters. The van der Waals surface area contributed by atoms with Gasteiger partial charge in [0.1, 0.15) is 11.5 Å². The predicted molar refractivity (Wildman–Crippen MR) is 84.2 cm³/mol. The van der Waals surface area contributed by atoms with Crippen molar-refractivity contribution in [2.24, 2.45) is 4.99 Å². The molecule has 5 heteroatoms. The Morgan fingerprint density at radius 1 is 1.19 bits per heavy atom. The highest BCUT2D eigenvalue weighted by Crippen LogP contribution is 2.20. The normalized spacial score (nSPS) is 17.0. The van der Waals surface area contributed by atoms with Crippen molar-refractivity contribution < 1.29 is 9.84 Å². The third-order valence-electron chi connectivity index (χ3n) is 3.08. The topological polar surface area (TPSA) is 89.5 Å². The summed E-state index contributed by atoms with van der Waals surface area (Å²) in [6.45, 7) is 2.65. The number of hydrogen-bond donors (Lipinski definition) is 3. The smallest absolute Gasteiger partial charge is 0.142 e. The molecule has 2 rings (SSSR count). The molecule has 1 aliphatic rings. The standard InChI is InChI=1S/C16H19N3O2/c1-2-3-8-21-16-10-15(13(17)9-14(16)18)19-11-4-6-12(20)7-5-11/h4-7,10,17-18,20H,2-3,8-9H2,1H3. The molecule has 0 radical (unpaired) electrons. The van der Waals surface area contributed by atoms with Crippen LogP contribution in [0, 0.1) is 10.8 Å². The summed E-state index contributed by atoms with van der Waals surface area (Å²) in [6.07, 6.45) is 3.85. The summed E-state index contributed by atoms with van der Waals surface area (Å²) in [5, 5.41) is 25.1. The lowest BCUT2D eigenvalue weighted by atomic mass is 10.00. The van der Waals surface area contributed by atoms with Crippen molar-refractivity contribution in [3.63, 3.8) is 0 Å². The molecule has 0 saturated carbocycles. The molecule has 0 saturated heterocycles. The van der Waals surface area contributed by atoms with Crippen molar-refractivity contribution in [2.75, 3.05) is 6.61 Å². The molecule has 0 fully saturated rings. The number of allylic oxidation sites excluding steroid dienone is 2. The van der Waals surface area contributed by atoms with Crippen LogP contribution < -0.4 is 0 Å². The van der Waals surface area contributed by atoms with Crippen molar-refractivity contribution in [1.29, 1.82) is 10.8 Å². The molecule has 0 amide bonds. The van der Waals surface area contributed by atoms with E-state index in [2.05, 4.69) is 11.9 Å². The molecule has 0 spiro atoms. The second kappa shape index (κ2) is 6.83. The SMILES string of the molecule is CCCCOC1=CC(=Nc2ccc(O)cc2)C(=N)CC1=N. The molecular weight excluding hydrogens is 266 g/mol. The monoisotopic (exact) mass is 285 g/mol. The second-order valence-electron chi connectivity index (χ2n) is 4.86. The van der Waals surface area contributed by atoms with E-state index in [1.807, 2.05) is 0 Å². The summed E-state index contributed by atoms with van der Waals surface area (Å²) in [5.41, 5.74) is 1.78. The minimum Gasteiger partial charge on any atom is -0.508 e. The Bertz CT molecular complexity index is 600. The zero-order valence-corrected chi connectivity index (χ0v) is 12.0. The first kappa shape index (κ1) is 15.0. The molecular formula is C16H19N3O2. The Morgan fingerprint density at radius 3 is 2.57 bits per heavy atom. The molecule has 1 aromatic carbocycles. The largest absolute Gasteiger partial charge is 0.508 e. The fourth-order valence-electron chi connectivity index (χ4n) is 1.87. The van der Waals surface area contributed by atoms with Gasteiger partial charge in [0.2, 0.25) is 0 Å². The van der Waals surface area contributed by atoms with E-state index in [-0.39, 0.29) is 12.2 Å². The van der Waals surface area contributed by atoms with Crippen LogP contribution in [-0.4, -0.2) is 28.8 Å². The van der Waals surface area contributed by atoms with Gasteiger partial charge in [0.05, 0.1) is 29.4 Å². The maximum atomic E-state index is 9.26. The molecule has 5 nitrogen and oxygen atoms in total. The van der Waals surface area contributed by atoms with Crippen LogP contribution in [0.3, 0.4) is 0 Å². The number of aliphatic imine (C=N–C) groups is 1. The van der Waals surface area contributed by atoms with Crippen molar-refractivity contribution >= 4 is 22.8 Å². The van der Waals surface area contributed by atoms with E-state index in [1.54, 1.807) is 30.3 Å². The van der Waals surface area contributed by atoms with Gasteiger partial charge in [0, 0.05) is 12.5 Å². The van der Waals surface area contributed by atoms with Crippen LogP contribution in [0.1, 0.15) is 26.2 Å². The number of aromatic hydroxyl groups is 1. The Morgan fingerprint density at radius 2 is 1.90 bits per heavy atom. The third kappa shape index (κ3) is 4.02. The van der Waals surface area contributed by atoms with Crippen LogP contribution in [0.4, 0.5) is 5.69 Å². The van der Waals surface area contributed by atoms with Gasteiger partial charge in [-0.3, -0.25) is 0 Å². The number of benzene rings is 1. The molecule has 110 valence electrons. The average molecular weight is 285 g/mol. The first-order chi connectivity index (χ1) is 10.1. The molecule has 1 aromatic rings. The predicted octanol–water partition coefficient (Wildman–Crippen LogP) is 3.61. The molecule has 1 aliphatic carbocycles. The lowest BCUT2D eigenvalue weighted by molar-refractivity contribution is 0.225. The fraction of sp³-hybridized carbons (Fsp3) is 0.312. The molecule has 0 aliphatic heterocycles. The van der Waals surface area contributed by atoms with Crippen LogP contribution in [-0.2, 0) is 4.74 Å². The van der Waals surface area contributed by atoms with Gasteiger partial charge in [0.15, 0.2) is 0 Å². The number of phenols is 1. The molecule has 0 aromatic heterocycles. The summed E-state index contributed by atoms with van der Waals surface area (Å²) in [7, 11) is 0. The van der Waals surface area contributed by atoms with Crippen molar-refractivity contribution in [3.05, 3.63) is 36.1 Å². The van der Waals surface area contributed by atoms with E-state index in [4.69, 9.17) is 15.6 Å².